The molecule has 0 aromatic heterocycles. The van der Waals surface area contributed by atoms with Crippen LogP contribution in [0.3, 0.4) is 0 Å². The summed E-state index contributed by atoms with van der Waals surface area (Å²) in [6.07, 6.45) is -4.76. The van der Waals surface area contributed by atoms with Gasteiger partial charge in [0.25, 0.3) is 0 Å². The molecular formula is C15H9Cl2F6N3OS. The highest BCUT2D eigenvalue weighted by atomic mass is 35.5. The van der Waals surface area contributed by atoms with Crippen molar-refractivity contribution in [3.63, 3.8) is 0 Å². The van der Waals surface area contributed by atoms with Gasteiger partial charge >= 0.3 is 11.7 Å². The Bertz CT molecular complexity index is 939. The normalized spacial score (nSPS) is 17.1. The number of halogens is 8. The summed E-state index contributed by atoms with van der Waals surface area (Å²) in [4.78, 5) is -0.120. The minimum atomic E-state index is -5.22. The van der Waals surface area contributed by atoms with Crippen LogP contribution in [0.2, 0.25) is 10.0 Å². The fourth-order valence-corrected chi connectivity index (χ4v) is 4.11. The monoisotopic (exact) mass is 463 g/mol. The van der Waals surface area contributed by atoms with Crippen molar-refractivity contribution < 1.29 is 30.6 Å². The van der Waals surface area contributed by atoms with Crippen LogP contribution in [0.15, 0.2) is 34.0 Å². The Morgan fingerprint density at radius 1 is 1.18 bits per heavy atom. The SMILES string of the molecule is CC1=C(C#N)C(S(=O)C(F)(F)F)=C(N)N(c2c(Cl)cc(C(F)(F)F)cc2Cl)C1. The van der Waals surface area contributed by atoms with Crippen molar-refractivity contribution in [2.24, 2.45) is 5.73 Å². The van der Waals surface area contributed by atoms with Crippen LogP contribution in [0, 0.1) is 11.3 Å². The topological polar surface area (TPSA) is 70.1 Å². The molecule has 2 N–H and O–H groups in total. The van der Waals surface area contributed by atoms with Crippen LogP contribution in [0.25, 0.3) is 0 Å². The first-order valence-corrected chi connectivity index (χ1v) is 9.03. The smallest absolute Gasteiger partial charge is 0.384 e. The van der Waals surface area contributed by atoms with Gasteiger partial charge in [0.15, 0.2) is 10.8 Å². The number of rotatable bonds is 2. The Hall–Kier alpha value is -1.90. The van der Waals surface area contributed by atoms with Gasteiger partial charge in [-0.3, -0.25) is 0 Å². The molecule has 0 bridgehead atoms. The molecule has 0 amide bonds. The molecule has 1 aliphatic heterocycles. The molecule has 4 nitrogen and oxygen atoms in total. The highest BCUT2D eigenvalue weighted by Crippen LogP contribution is 2.44. The van der Waals surface area contributed by atoms with E-state index in [4.69, 9.17) is 34.2 Å². The third kappa shape index (κ3) is 4.09. The van der Waals surface area contributed by atoms with Crippen molar-refractivity contribution in [1.82, 2.24) is 0 Å². The molecule has 0 saturated heterocycles. The van der Waals surface area contributed by atoms with Gasteiger partial charge in [0.2, 0.25) is 0 Å². The van der Waals surface area contributed by atoms with Crippen molar-refractivity contribution in [3.8, 4) is 6.07 Å². The van der Waals surface area contributed by atoms with E-state index in [1.54, 1.807) is 0 Å². The number of nitrogens with two attached hydrogens (primary N) is 1. The number of benzene rings is 1. The molecule has 0 radical (unpaired) electrons. The number of alkyl halides is 6. The summed E-state index contributed by atoms with van der Waals surface area (Å²) < 4.78 is 89.5. The Balaban J connectivity index is 2.72. The molecular weight excluding hydrogens is 455 g/mol. The largest absolute Gasteiger partial charge is 0.476 e. The number of hydrogen-bond donors (Lipinski definition) is 1. The lowest BCUT2D eigenvalue weighted by molar-refractivity contribution is -0.137. The van der Waals surface area contributed by atoms with Gasteiger partial charge in [0, 0.05) is 6.54 Å². The van der Waals surface area contributed by atoms with Gasteiger partial charge in [-0.1, -0.05) is 23.2 Å². The first-order chi connectivity index (χ1) is 12.7. The van der Waals surface area contributed by atoms with Gasteiger partial charge in [-0.2, -0.15) is 31.6 Å². The number of anilines is 1. The minimum Gasteiger partial charge on any atom is -0.384 e. The Morgan fingerprint density at radius 2 is 1.68 bits per heavy atom. The van der Waals surface area contributed by atoms with Crippen LogP contribution in [0.1, 0.15) is 12.5 Å². The summed E-state index contributed by atoms with van der Waals surface area (Å²) >= 11 is 11.8. The Morgan fingerprint density at radius 3 is 2.07 bits per heavy atom. The summed E-state index contributed by atoms with van der Waals surface area (Å²) in [7, 11) is -3.66. The first kappa shape index (κ1) is 22.4. The van der Waals surface area contributed by atoms with Gasteiger partial charge in [-0.15, -0.1) is 0 Å². The van der Waals surface area contributed by atoms with E-state index in [-0.39, 0.29) is 17.8 Å². The maximum atomic E-state index is 13.0. The second kappa shape index (κ2) is 7.50. The van der Waals surface area contributed by atoms with Gasteiger partial charge in [-0.05, 0) is 24.6 Å². The van der Waals surface area contributed by atoms with Crippen LogP contribution in [-0.4, -0.2) is 16.3 Å². The van der Waals surface area contributed by atoms with Gasteiger partial charge in [-0.25, -0.2) is 4.21 Å². The number of hydrogen-bond acceptors (Lipinski definition) is 4. The molecule has 1 atom stereocenters. The lowest BCUT2D eigenvalue weighted by Gasteiger charge is -2.33. The summed E-state index contributed by atoms with van der Waals surface area (Å²) in [6.45, 7) is 0.996. The maximum Gasteiger partial charge on any atom is 0.476 e. The summed E-state index contributed by atoms with van der Waals surface area (Å²) in [6, 6.07) is 2.60. The average molecular weight is 464 g/mol. The highest BCUT2D eigenvalue weighted by molar-refractivity contribution is 7.90. The van der Waals surface area contributed by atoms with Crippen molar-refractivity contribution in [2.45, 2.75) is 18.6 Å². The van der Waals surface area contributed by atoms with E-state index in [0.29, 0.717) is 12.1 Å². The van der Waals surface area contributed by atoms with E-state index in [0.717, 1.165) is 4.90 Å². The quantitative estimate of drug-likeness (QED) is 0.621. The molecule has 0 fully saturated rings. The maximum absolute atomic E-state index is 13.0. The molecule has 1 heterocycles. The highest BCUT2D eigenvalue weighted by Gasteiger charge is 2.44. The molecule has 13 heteroatoms. The molecule has 0 aliphatic carbocycles. The molecule has 1 aromatic carbocycles. The number of nitrogens with zero attached hydrogens (tertiary/aromatic N) is 2. The van der Waals surface area contributed by atoms with Crippen molar-refractivity contribution >= 4 is 39.7 Å². The zero-order valence-corrected chi connectivity index (χ0v) is 16.0. The van der Waals surface area contributed by atoms with Gasteiger partial charge in [0.1, 0.15) is 16.8 Å². The average Bonchev–Trinajstić information content (AvgIpc) is 2.54. The van der Waals surface area contributed by atoms with Crippen molar-refractivity contribution in [3.05, 3.63) is 49.6 Å². The lowest BCUT2D eigenvalue weighted by atomic mass is 10.0. The van der Waals surface area contributed by atoms with Crippen LogP contribution in [0.5, 0.6) is 0 Å². The third-order valence-electron chi connectivity index (χ3n) is 3.69. The zero-order valence-electron chi connectivity index (χ0n) is 13.7. The zero-order chi connectivity index (χ0) is 21.6. The number of allylic oxidation sites excluding steroid dienone is 1. The van der Waals surface area contributed by atoms with E-state index >= 15 is 0 Å². The predicted molar refractivity (Wildman–Crippen MR) is 92.5 cm³/mol. The van der Waals surface area contributed by atoms with Crippen molar-refractivity contribution in [1.29, 1.82) is 5.26 Å². The standard InChI is InChI=1S/C15H9Cl2F6N3OS/c1-6-5-26(11-9(16)2-7(3-10(11)17)14(18,19)20)13(25)12(8(6)4-24)28(27)15(21,22)23/h2-3H,5,25H2,1H3. The molecule has 0 spiro atoms. The molecule has 152 valence electrons. The van der Waals surface area contributed by atoms with E-state index in [1.807, 2.05) is 0 Å². The summed E-state index contributed by atoms with van der Waals surface area (Å²) in [5.41, 5.74) is -1.44. The molecule has 1 aliphatic rings. The molecule has 28 heavy (non-hydrogen) atoms. The fraction of sp³-hybridized carbons (Fsp3) is 0.267. The van der Waals surface area contributed by atoms with Crippen LogP contribution < -0.4 is 10.6 Å². The van der Waals surface area contributed by atoms with Crippen LogP contribution in [-0.2, 0) is 17.0 Å². The summed E-state index contributed by atoms with van der Waals surface area (Å²) in [5.74, 6) is -0.749. The second-order valence-corrected chi connectivity index (χ2v) is 7.79. The second-order valence-electron chi connectivity index (χ2n) is 5.57. The minimum absolute atomic E-state index is 0.0522. The molecule has 1 unspecified atom stereocenters. The lowest BCUT2D eigenvalue weighted by Crippen LogP contribution is -2.37. The molecule has 0 saturated carbocycles. The fourth-order valence-electron chi connectivity index (χ4n) is 2.48. The first-order valence-electron chi connectivity index (χ1n) is 7.12. The van der Waals surface area contributed by atoms with E-state index in [9.17, 15) is 30.6 Å². The van der Waals surface area contributed by atoms with Crippen molar-refractivity contribution in [2.75, 3.05) is 11.4 Å². The van der Waals surface area contributed by atoms with E-state index in [2.05, 4.69) is 0 Å². The van der Waals surface area contributed by atoms with E-state index < -0.39 is 54.4 Å². The van der Waals surface area contributed by atoms with E-state index in [1.165, 1.54) is 13.0 Å². The molecule has 1 aromatic rings. The molecule has 2 rings (SSSR count). The Labute approximate surface area is 167 Å². The number of nitriles is 1. The summed E-state index contributed by atoms with van der Waals surface area (Å²) in [5, 5.41) is 8.09. The van der Waals surface area contributed by atoms with Gasteiger partial charge in [0.05, 0.1) is 26.9 Å². The predicted octanol–water partition coefficient (Wildman–Crippen LogP) is 5.07. The third-order valence-corrected chi connectivity index (χ3v) is 5.47. The van der Waals surface area contributed by atoms with Crippen LogP contribution >= 0.6 is 23.2 Å². The van der Waals surface area contributed by atoms with Gasteiger partial charge < -0.3 is 10.6 Å². The van der Waals surface area contributed by atoms with Crippen LogP contribution in [0.4, 0.5) is 32.0 Å². The Kier molecular flexibility index (Phi) is 5.99.